The Morgan fingerprint density at radius 3 is 2.62 bits per heavy atom. The van der Waals surface area contributed by atoms with Crippen molar-refractivity contribution < 1.29 is 4.79 Å². The van der Waals surface area contributed by atoms with Crippen LogP contribution in [0.5, 0.6) is 0 Å². The zero-order valence-electron chi connectivity index (χ0n) is 13.4. The van der Waals surface area contributed by atoms with E-state index in [0.717, 1.165) is 36.8 Å². The van der Waals surface area contributed by atoms with Crippen molar-refractivity contribution in [1.29, 1.82) is 0 Å². The average molecular weight is 313 g/mol. The van der Waals surface area contributed by atoms with Crippen LogP contribution in [-0.2, 0) is 17.9 Å². The summed E-state index contributed by atoms with van der Waals surface area (Å²) >= 11 is 1.44. The minimum atomic E-state index is -0.199. The maximum atomic E-state index is 12.2. The molecule has 0 bridgehead atoms. The molecule has 0 saturated carbocycles. The maximum absolute atomic E-state index is 12.2. The van der Waals surface area contributed by atoms with Crippen LogP contribution in [0.25, 0.3) is 0 Å². The fourth-order valence-corrected chi connectivity index (χ4v) is 2.99. The number of rotatable bonds is 9. The fourth-order valence-electron chi connectivity index (χ4n) is 2.08. The zero-order chi connectivity index (χ0) is 15.8. The van der Waals surface area contributed by atoms with E-state index in [1.165, 1.54) is 11.8 Å². The van der Waals surface area contributed by atoms with Crippen LogP contribution in [0.3, 0.4) is 0 Å². The standard InChI is InChI=1S/C14H27N5OS/c1-5-7-10(3)16-13(20)11(4)21-14-18-17-12(9-15)19(14)8-6-2/h10-11H,5-9,15H2,1-4H3,(H,16,20). The molecule has 120 valence electrons. The Bertz CT molecular complexity index is 449. The number of carbonyl (C=O) groups excluding carboxylic acids is 1. The molecule has 0 aliphatic carbocycles. The highest BCUT2D eigenvalue weighted by molar-refractivity contribution is 8.00. The van der Waals surface area contributed by atoms with E-state index in [0.29, 0.717) is 6.54 Å². The van der Waals surface area contributed by atoms with Crippen molar-refractivity contribution in [2.45, 2.75) is 76.5 Å². The number of nitrogens with one attached hydrogen (secondary N) is 1. The summed E-state index contributed by atoms with van der Waals surface area (Å²) in [6.07, 6.45) is 3.03. The van der Waals surface area contributed by atoms with Gasteiger partial charge in [-0.15, -0.1) is 10.2 Å². The third kappa shape index (κ3) is 5.32. The molecule has 21 heavy (non-hydrogen) atoms. The van der Waals surface area contributed by atoms with Crippen molar-refractivity contribution in [3.63, 3.8) is 0 Å². The second kappa shape index (κ2) is 9.04. The molecule has 1 aromatic rings. The Morgan fingerprint density at radius 2 is 2.05 bits per heavy atom. The number of hydrogen-bond acceptors (Lipinski definition) is 5. The zero-order valence-corrected chi connectivity index (χ0v) is 14.2. The highest BCUT2D eigenvalue weighted by atomic mass is 32.2. The summed E-state index contributed by atoms with van der Waals surface area (Å²) in [4.78, 5) is 12.2. The molecular formula is C14H27N5OS. The van der Waals surface area contributed by atoms with E-state index in [1.807, 2.05) is 18.4 Å². The SMILES string of the molecule is CCCC(C)NC(=O)C(C)Sc1nnc(CN)n1CCC. The number of aromatic nitrogens is 3. The largest absolute Gasteiger partial charge is 0.353 e. The van der Waals surface area contributed by atoms with E-state index < -0.39 is 0 Å². The molecule has 0 aliphatic rings. The van der Waals surface area contributed by atoms with Crippen LogP contribution in [0.2, 0.25) is 0 Å². The van der Waals surface area contributed by atoms with Crippen LogP contribution in [-0.4, -0.2) is 32.0 Å². The summed E-state index contributed by atoms with van der Waals surface area (Å²) in [7, 11) is 0. The molecule has 2 unspecified atom stereocenters. The molecule has 1 aromatic heterocycles. The van der Waals surface area contributed by atoms with Crippen molar-refractivity contribution in [3.8, 4) is 0 Å². The van der Waals surface area contributed by atoms with Crippen LogP contribution in [0.1, 0.15) is 52.8 Å². The minimum absolute atomic E-state index is 0.0429. The van der Waals surface area contributed by atoms with Gasteiger partial charge >= 0.3 is 0 Å². The maximum Gasteiger partial charge on any atom is 0.233 e. The van der Waals surface area contributed by atoms with E-state index >= 15 is 0 Å². The van der Waals surface area contributed by atoms with Gasteiger partial charge in [-0.25, -0.2) is 0 Å². The molecule has 6 nitrogen and oxygen atoms in total. The van der Waals surface area contributed by atoms with Crippen LogP contribution in [0, 0.1) is 0 Å². The minimum Gasteiger partial charge on any atom is -0.353 e. The number of hydrogen-bond donors (Lipinski definition) is 2. The molecule has 1 heterocycles. The second-order valence-corrected chi connectivity index (χ2v) is 6.52. The number of nitrogens with two attached hydrogens (primary N) is 1. The first kappa shape index (κ1) is 18.0. The molecule has 0 spiro atoms. The van der Waals surface area contributed by atoms with Gasteiger partial charge in [0.1, 0.15) is 5.82 Å². The fraction of sp³-hybridized carbons (Fsp3) is 0.786. The molecule has 1 amide bonds. The number of amides is 1. The van der Waals surface area contributed by atoms with Crippen molar-refractivity contribution >= 4 is 17.7 Å². The third-order valence-electron chi connectivity index (χ3n) is 3.19. The van der Waals surface area contributed by atoms with Gasteiger partial charge in [0.2, 0.25) is 5.91 Å². The quantitative estimate of drug-likeness (QED) is 0.680. The lowest BCUT2D eigenvalue weighted by atomic mass is 10.2. The Balaban J connectivity index is 2.67. The normalized spacial score (nSPS) is 14.0. The van der Waals surface area contributed by atoms with E-state index in [9.17, 15) is 4.79 Å². The Kier molecular flexibility index (Phi) is 7.74. The number of carbonyl (C=O) groups is 1. The predicted octanol–water partition coefficient (Wildman–Crippen LogP) is 1.93. The highest BCUT2D eigenvalue weighted by Gasteiger charge is 2.20. The summed E-state index contributed by atoms with van der Waals surface area (Å²) in [5, 5.41) is 11.8. The molecule has 0 radical (unpaired) electrons. The number of nitrogens with zero attached hydrogens (tertiary/aromatic N) is 3. The monoisotopic (exact) mass is 313 g/mol. The summed E-state index contributed by atoms with van der Waals surface area (Å²) in [6, 6.07) is 0.207. The predicted molar refractivity (Wildman–Crippen MR) is 86.0 cm³/mol. The van der Waals surface area contributed by atoms with Gasteiger partial charge in [-0.05, 0) is 26.7 Å². The summed E-state index contributed by atoms with van der Waals surface area (Å²) in [5.41, 5.74) is 5.67. The van der Waals surface area contributed by atoms with Gasteiger partial charge in [0.25, 0.3) is 0 Å². The summed E-state index contributed by atoms with van der Waals surface area (Å²) < 4.78 is 2.00. The van der Waals surface area contributed by atoms with Gasteiger partial charge in [-0.3, -0.25) is 4.79 Å². The molecular weight excluding hydrogens is 286 g/mol. The lowest BCUT2D eigenvalue weighted by molar-refractivity contribution is -0.120. The van der Waals surface area contributed by atoms with Gasteiger partial charge in [0, 0.05) is 12.6 Å². The van der Waals surface area contributed by atoms with E-state index in [1.54, 1.807) is 0 Å². The first-order chi connectivity index (χ1) is 10.0. The number of thioether (sulfide) groups is 1. The molecule has 0 aromatic carbocycles. The molecule has 7 heteroatoms. The van der Waals surface area contributed by atoms with Crippen molar-refractivity contribution in [2.75, 3.05) is 0 Å². The Morgan fingerprint density at radius 1 is 1.33 bits per heavy atom. The molecule has 0 saturated heterocycles. The van der Waals surface area contributed by atoms with E-state index in [4.69, 9.17) is 5.73 Å². The topological polar surface area (TPSA) is 85.8 Å². The van der Waals surface area contributed by atoms with Gasteiger partial charge in [0.15, 0.2) is 5.16 Å². The summed E-state index contributed by atoms with van der Waals surface area (Å²) in [6.45, 7) is 9.32. The average Bonchev–Trinajstić information content (AvgIpc) is 2.81. The third-order valence-corrected chi connectivity index (χ3v) is 4.27. The van der Waals surface area contributed by atoms with Crippen LogP contribution < -0.4 is 11.1 Å². The summed E-state index contributed by atoms with van der Waals surface area (Å²) in [5.74, 6) is 0.813. The lowest BCUT2D eigenvalue weighted by Gasteiger charge is -2.17. The lowest BCUT2D eigenvalue weighted by Crippen LogP contribution is -2.37. The van der Waals surface area contributed by atoms with Gasteiger partial charge < -0.3 is 15.6 Å². The van der Waals surface area contributed by atoms with Crippen LogP contribution in [0.4, 0.5) is 0 Å². The van der Waals surface area contributed by atoms with Crippen LogP contribution >= 0.6 is 11.8 Å². The smallest absolute Gasteiger partial charge is 0.233 e. The first-order valence-electron chi connectivity index (χ1n) is 7.62. The van der Waals surface area contributed by atoms with E-state index in [2.05, 4.69) is 29.4 Å². The van der Waals surface area contributed by atoms with Crippen molar-refractivity contribution in [1.82, 2.24) is 20.1 Å². The van der Waals surface area contributed by atoms with E-state index in [-0.39, 0.29) is 17.2 Å². The second-order valence-electron chi connectivity index (χ2n) is 5.21. The van der Waals surface area contributed by atoms with Crippen molar-refractivity contribution in [3.05, 3.63) is 5.82 Å². The van der Waals surface area contributed by atoms with Crippen LogP contribution in [0.15, 0.2) is 5.16 Å². The molecule has 2 atom stereocenters. The first-order valence-corrected chi connectivity index (χ1v) is 8.50. The van der Waals surface area contributed by atoms with Gasteiger partial charge in [0.05, 0.1) is 11.8 Å². The van der Waals surface area contributed by atoms with Gasteiger partial charge in [-0.2, -0.15) is 0 Å². The molecule has 1 rings (SSSR count). The van der Waals surface area contributed by atoms with Gasteiger partial charge in [-0.1, -0.05) is 32.0 Å². The Labute approximate surface area is 131 Å². The molecule has 0 fully saturated rings. The van der Waals surface area contributed by atoms with Crippen molar-refractivity contribution in [2.24, 2.45) is 5.73 Å². The molecule has 0 aliphatic heterocycles. The Hall–Kier alpha value is -1.08. The molecule has 3 N–H and O–H groups in total. The highest BCUT2D eigenvalue weighted by Crippen LogP contribution is 2.23.